The Morgan fingerprint density at radius 3 is 2.03 bits per heavy atom. The summed E-state index contributed by atoms with van der Waals surface area (Å²) < 4.78 is 0. The molecule has 1 heterocycles. The second kappa shape index (κ2) is 21.0. The first kappa shape index (κ1) is 36.1. The highest BCUT2D eigenvalue weighted by molar-refractivity contribution is 6.00. The molecule has 37 heavy (non-hydrogen) atoms. The number of aromatic nitrogens is 1. The second-order valence-corrected chi connectivity index (χ2v) is 8.78. The molecule has 1 aromatic carbocycles. The van der Waals surface area contributed by atoms with Crippen LogP contribution in [0.1, 0.15) is 111 Å². The number of benzene rings is 1. The van der Waals surface area contributed by atoms with Gasteiger partial charge in [-0.15, -0.1) is 0 Å². The van der Waals surface area contributed by atoms with Crippen LogP contribution in [0, 0.1) is 5.92 Å². The molecule has 0 spiro atoms. The number of para-hydroxylation sites is 1. The standard InChI is InChI=1S/C22H28N4O.C6H14.2C2H6/c1-14(2)11-16(5)25-21-12-20(18(13-24-21)15(3)4)26-19-10-8-7-9-17(19)22(27)23-6;1-4-6(3)5-2;2*1-2/h7-13,15H,1H2,2-6H3,(H,23,27)(H2,24,25,26);6H,4-5H2,1-3H3;2*1-2H3/b16-11+;;;. The fourth-order valence-electron chi connectivity index (χ4n) is 3.07. The van der Waals surface area contributed by atoms with E-state index in [0.717, 1.165) is 39.9 Å². The minimum absolute atomic E-state index is 0.128. The molecule has 0 aliphatic carbocycles. The van der Waals surface area contributed by atoms with Crippen LogP contribution in [0.4, 0.5) is 17.2 Å². The summed E-state index contributed by atoms with van der Waals surface area (Å²) in [5.74, 6) is 1.82. The predicted molar refractivity (Wildman–Crippen MR) is 166 cm³/mol. The lowest BCUT2D eigenvalue weighted by Gasteiger charge is -2.18. The summed E-state index contributed by atoms with van der Waals surface area (Å²) in [6.07, 6.45) is 6.49. The van der Waals surface area contributed by atoms with Gasteiger partial charge in [-0.3, -0.25) is 4.79 Å². The number of nitrogens with one attached hydrogen (secondary N) is 3. The van der Waals surface area contributed by atoms with Crippen molar-refractivity contribution in [2.45, 2.75) is 94.9 Å². The van der Waals surface area contributed by atoms with E-state index in [4.69, 9.17) is 0 Å². The average Bonchev–Trinajstić information content (AvgIpc) is 2.90. The molecule has 0 saturated carbocycles. The van der Waals surface area contributed by atoms with Gasteiger partial charge in [0, 0.05) is 30.7 Å². The zero-order chi connectivity index (χ0) is 29.0. The van der Waals surface area contributed by atoms with Crippen LogP contribution in [0.15, 0.2) is 60.5 Å². The van der Waals surface area contributed by atoms with Crippen LogP contribution >= 0.6 is 0 Å². The van der Waals surface area contributed by atoms with Gasteiger partial charge < -0.3 is 16.0 Å². The summed E-state index contributed by atoms with van der Waals surface area (Å²) in [4.78, 5) is 16.7. The lowest BCUT2D eigenvalue weighted by molar-refractivity contribution is 0.0964. The molecule has 0 saturated heterocycles. The Labute approximate surface area is 228 Å². The van der Waals surface area contributed by atoms with Crippen molar-refractivity contribution in [3.8, 4) is 0 Å². The van der Waals surface area contributed by atoms with Gasteiger partial charge >= 0.3 is 0 Å². The van der Waals surface area contributed by atoms with Crippen LogP contribution < -0.4 is 16.0 Å². The first-order valence-corrected chi connectivity index (χ1v) is 13.8. The Balaban J connectivity index is 0. The summed E-state index contributed by atoms with van der Waals surface area (Å²) in [7, 11) is 1.63. The van der Waals surface area contributed by atoms with Crippen LogP contribution in [0.25, 0.3) is 0 Å². The molecule has 0 fully saturated rings. The quantitative estimate of drug-likeness (QED) is 0.294. The summed E-state index contributed by atoms with van der Waals surface area (Å²) in [5, 5.41) is 9.38. The summed E-state index contributed by atoms with van der Waals surface area (Å²) in [6.45, 7) is 26.8. The number of nitrogens with zero attached hydrogens (tertiary/aromatic N) is 1. The molecule has 1 amide bonds. The van der Waals surface area contributed by atoms with E-state index in [1.807, 2.05) is 78.1 Å². The third-order valence-corrected chi connectivity index (χ3v) is 5.41. The topological polar surface area (TPSA) is 66.0 Å². The molecule has 5 heteroatoms. The molecule has 3 N–H and O–H groups in total. The Morgan fingerprint density at radius 2 is 1.57 bits per heavy atom. The van der Waals surface area contributed by atoms with Gasteiger partial charge in [-0.05, 0) is 49.5 Å². The molecule has 0 bridgehead atoms. The average molecular weight is 511 g/mol. The highest BCUT2D eigenvalue weighted by Gasteiger charge is 2.13. The van der Waals surface area contributed by atoms with Crippen molar-refractivity contribution in [3.05, 3.63) is 71.6 Å². The molecule has 0 aliphatic rings. The van der Waals surface area contributed by atoms with E-state index in [9.17, 15) is 4.79 Å². The monoisotopic (exact) mass is 510 g/mol. The van der Waals surface area contributed by atoms with Gasteiger partial charge in [0.1, 0.15) is 5.82 Å². The summed E-state index contributed by atoms with van der Waals surface area (Å²) >= 11 is 0. The van der Waals surface area contributed by atoms with Crippen molar-refractivity contribution in [1.82, 2.24) is 10.3 Å². The maximum absolute atomic E-state index is 12.2. The number of allylic oxidation sites excluding steroid dienone is 3. The van der Waals surface area contributed by atoms with E-state index in [1.54, 1.807) is 13.1 Å². The zero-order valence-corrected chi connectivity index (χ0v) is 25.7. The van der Waals surface area contributed by atoms with Crippen molar-refractivity contribution < 1.29 is 4.79 Å². The number of pyridine rings is 1. The van der Waals surface area contributed by atoms with Crippen LogP contribution in [-0.2, 0) is 0 Å². The molecule has 5 nitrogen and oxygen atoms in total. The van der Waals surface area contributed by atoms with Gasteiger partial charge in [-0.1, -0.05) is 99.4 Å². The van der Waals surface area contributed by atoms with Crippen molar-refractivity contribution >= 4 is 23.1 Å². The Bertz CT molecular complexity index is 944. The lowest BCUT2D eigenvalue weighted by atomic mass is 10.0. The van der Waals surface area contributed by atoms with Gasteiger partial charge in [0.25, 0.3) is 5.91 Å². The van der Waals surface area contributed by atoms with Crippen LogP contribution in [0.5, 0.6) is 0 Å². The van der Waals surface area contributed by atoms with Gasteiger partial charge in [0.15, 0.2) is 0 Å². The van der Waals surface area contributed by atoms with Crippen LogP contribution in [0.3, 0.4) is 0 Å². The van der Waals surface area contributed by atoms with Gasteiger partial charge in [0.2, 0.25) is 0 Å². The van der Waals surface area contributed by atoms with Crippen LogP contribution in [-0.4, -0.2) is 17.9 Å². The van der Waals surface area contributed by atoms with Crippen LogP contribution in [0.2, 0.25) is 0 Å². The molecular formula is C32H54N4O. The molecule has 208 valence electrons. The lowest BCUT2D eigenvalue weighted by Crippen LogP contribution is -2.19. The number of hydrogen-bond acceptors (Lipinski definition) is 4. The third kappa shape index (κ3) is 14.3. The zero-order valence-electron chi connectivity index (χ0n) is 25.7. The molecule has 2 aromatic rings. The first-order valence-electron chi connectivity index (χ1n) is 13.8. The normalized spacial score (nSPS) is 10.2. The number of carbonyl (C=O) groups excluding carboxylic acids is 1. The van der Waals surface area contributed by atoms with Crippen molar-refractivity contribution in [3.63, 3.8) is 0 Å². The minimum Gasteiger partial charge on any atom is -0.355 e. The first-order chi connectivity index (χ1) is 17.6. The summed E-state index contributed by atoms with van der Waals surface area (Å²) in [6, 6.07) is 9.42. The fraction of sp³-hybridized carbons (Fsp3) is 0.500. The van der Waals surface area contributed by atoms with E-state index in [-0.39, 0.29) is 11.8 Å². The molecule has 0 radical (unpaired) electrons. The van der Waals surface area contributed by atoms with E-state index < -0.39 is 0 Å². The van der Waals surface area contributed by atoms with E-state index in [1.165, 1.54) is 12.8 Å². The predicted octanol–water partition coefficient (Wildman–Crippen LogP) is 9.69. The Hall–Kier alpha value is -3.08. The smallest absolute Gasteiger partial charge is 0.253 e. The van der Waals surface area contributed by atoms with Gasteiger partial charge in [-0.2, -0.15) is 0 Å². The molecule has 2 rings (SSSR count). The van der Waals surface area contributed by atoms with Crippen molar-refractivity contribution in [1.29, 1.82) is 0 Å². The van der Waals surface area contributed by atoms with Crippen molar-refractivity contribution in [2.75, 3.05) is 17.7 Å². The molecule has 0 aliphatic heterocycles. The number of amides is 1. The third-order valence-electron chi connectivity index (χ3n) is 5.41. The molecular weight excluding hydrogens is 456 g/mol. The molecule has 0 atom stereocenters. The minimum atomic E-state index is -0.128. The molecule has 0 unspecified atom stereocenters. The van der Waals surface area contributed by atoms with E-state index in [0.29, 0.717) is 5.56 Å². The maximum Gasteiger partial charge on any atom is 0.253 e. The number of carbonyl (C=O) groups is 1. The highest BCUT2D eigenvalue weighted by atomic mass is 16.1. The second-order valence-electron chi connectivity index (χ2n) is 8.78. The maximum atomic E-state index is 12.2. The van der Waals surface area contributed by atoms with E-state index >= 15 is 0 Å². The fourth-order valence-corrected chi connectivity index (χ4v) is 3.07. The number of hydrogen-bond donors (Lipinski definition) is 3. The SMILES string of the molecule is C=C(C)/C=C(\C)Nc1cc(Nc2ccccc2C(=O)NC)c(C(C)C)cn1.CC.CC.CCC(C)CC. The highest BCUT2D eigenvalue weighted by Crippen LogP contribution is 2.30. The number of anilines is 3. The summed E-state index contributed by atoms with van der Waals surface area (Å²) in [5.41, 5.74) is 5.28. The molecule has 1 aromatic heterocycles. The Kier molecular flexibility index (Phi) is 20.5. The van der Waals surface area contributed by atoms with E-state index in [2.05, 4.69) is 62.1 Å². The largest absolute Gasteiger partial charge is 0.355 e. The Morgan fingerprint density at radius 1 is 1.00 bits per heavy atom. The van der Waals surface area contributed by atoms with Gasteiger partial charge in [-0.25, -0.2) is 4.98 Å². The van der Waals surface area contributed by atoms with Gasteiger partial charge in [0.05, 0.1) is 11.3 Å². The van der Waals surface area contributed by atoms with Crippen molar-refractivity contribution in [2.24, 2.45) is 5.92 Å². The number of rotatable bonds is 9.